The second-order valence-corrected chi connectivity index (χ2v) is 2.18. The van der Waals surface area contributed by atoms with Gasteiger partial charge in [0.1, 0.15) is 6.10 Å². The molecule has 1 saturated heterocycles. The molecule has 1 heterocycles. The predicted molar refractivity (Wildman–Crippen MR) is 37.6 cm³/mol. The van der Waals surface area contributed by atoms with E-state index in [0.29, 0.717) is 13.2 Å². The molecule has 1 amide bonds. The van der Waals surface area contributed by atoms with E-state index < -0.39 is 0 Å². The van der Waals surface area contributed by atoms with Crippen LogP contribution in [0.5, 0.6) is 0 Å². The van der Waals surface area contributed by atoms with Gasteiger partial charge >= 0.3 is 0 Å². The van der Waals surface area contributed by atoms with Crippen LogP contribution >= 0.6 is 0 Å². The van der Waals surface area contributed by atoms with E-state index in [2.05, 4.69) is 11.9 Å². The van der Waals surface area contributed by atoms with Gasteiger partial charge < -0.3 is 10.1 Å². The molecule has 1 unspecified atom stereocenters. The maximum Gasteiger partial charge on any atom is 0.249 e. The summed E-state index contributed by atoms with van der Waals surface area (Å²) in [4.78, 5) is 10.9. The molecule has 56 valence electrons. The summed E-state index contributed by atoms with van der Waals surface area (Å²) < 4.78 is 4.94. The molecule has 0 bridgehead atoms. The van der Waals surface area contributed by atoms with E-state index in [1.807, 2.05) is 0 Å². The van der Waals surface area contributed by atoms with Crippen LogP contribution in [0.25, 0.3) is 0 Å². The van der Waals surface area contributed by atoms with Gasteiger partial charge in [-0.3, -0.25) is 4.79 Å². The van der Waals surface area contributed by atoms with Crippen LogP contribution in [-0.4, -0.2) is 25.2 Å². The zero-order valence-corrected chi connectivity index (χ0v) is 5.80. The standard InChI is InChI=1S/C7H11NO2/c1-2-4-8-7(9)6-3-5-10-6/h2,6H,1,3-5H2,(H,8,9). The highest BCUT2D eigenvalue weighted by molar-refractivity contribution is 5.81. The van der Waals surface area contributed by atoms with Crippen LogP contribution in [0.3, 0.4) is 0 Å². The van der Waals surface area contributed by atoms with E-state index in [9.17, 15) is 4.79 Å². The quantitative estimate of drug-likeness (QED) is 0.565. The Bertz CT molecular complexity index is 141. The Kier molecular flexibility index (Phi) is 2.45. The van der Waals surface area contributed by atoms with Crippen molar-refractivity contribution in [2.45, 2.75) is 12.5 Å². The minimum absolute atomic E-state index is 0.0221. The number of hydrogen-bond acceptors (Lipinski definition) is 2. The van der Waals surface area contributed by atoms with E-state index >= 15 is 0 Å². The molecule has 1 aliphatic heterocycles. The van der Waals surface area contributed by atoms with Crippen LogP contribution < -0.4 is 5.32 Å². The lowest BCUT2D eigenvalue weighted by Crippen LogP contribution is -2.42. The minimum atomic E-state index is -0.194. The number of nitrogens with one attached hydrogen (secondary N) is 1. The fourth-order valence-corrected chi connectivity index (χ4v) is 0.729. The van der Waals surface area contributed by atoms with Crippen molar-refractivity contribution < 1.29 is 9.53 Å². The first-order valence-electron chi connectivity index (χ1n) is 3.35. The third-order valence-electron chi connectivity index (χ3n) is 1.41. The van der Waals surface area contributed by atoms with Crippen LogP contribution in [0.1, 0.15) is 6.42 Å². The molecular formula is C7H11NO2. The predicted octanol–water partition coefficient (Wildman–Crippen LogP) is 0.0775. The van der Waals surface area contributed by atoms with Gasteiger partial charge in [0.25, 0.3) is 0 Å². The smallest absolute Gasteiger partial charge is 0.249 e. The van der Waals surface area contributed by atoms with E-state index in [1.54, 1.807) is 6.08 Å². The molecule has 0 spiro atoms. The van der Waals surface area contributed by atoms with Crippen molar-refractivity contribution in [3.05, 3.63) is 12.7 Å². The molecule has 3 heteroatoms. The Morgan fingerprint density at radius 2 is 2.60 bits per heavy atom. The second-order valence-electron chi connectivity index (χ2n) is 2.18. The molecule has 1 rings (SSSR count). The van der Waals surface area contributed by atoms with Crippen molar-refractivity contribution in [3.63, 3.8) is 0 Å². The fraction of sp³-hybridized carbons (Fsp3) is 0.571. The van der Waals surface area contributed by atoms with Crippen LogP contribution in [0, 0.1) is 0 Å². The summed E-state index contributed by atoms with van der Waals surface area (Å²) in [7, 11) is 0. The van der Waals surface area contributed by atoms with Gasteiger partial charge in [0.15, 0.2) is 0 Å². The highest BCUT2D eigenvalue weighted by Gasteiger charge is 2.25. The lowest BCUT2D eigenvalue weighted by Gasteiger charge is -2.24. The highest BCUT2D eigenvalue weighted by atomic mass is 16.5. The Hall–Kier alpha value is -0.830. The molecule has 0 aromatic heterocycles. The zero-order valence-electron chi connectivity index (χ0n) is 5.80. The Morgan fingerprint density at radius 1 is 1.90 bits per heavy atom. The minimum Gasteiger partial charge on any atom is -0.368 e. The van der Waals surface area contributed by atoms with E-state index in [0.717, 1.165) is 6.42 Å². The van der Waals surface area contributed by atoms with Gasteiger partial charge in [-0.1, -0.05) is 6.08 Å². The molecule has 0 aliphatic carbocycles. The van der Waals surface area contributed by atoms with Crippen molar-refractivity contribution in [1.82, 2.24) is 5.32 Å². The Morgan fingerprint density at radius 3 is 3.00 bits per heavy atom. The maximum atomic E-state index is 10.9. The molecule has 0 radical (unpaired) electrons. The average molecular weight is 141 g/mol. The Balaban J connectivity index is 2.13. The second kappa shape index (κ2) is 3.37. The van der Waals surface area contributed by atoms with E-state index in [1.165, 1.54) is 0 Å². The first kappa shape index (κ1) is 7.28. The van der Waals surface area contributed by atoms with Gasteiger partial charge in [0, 0.05) is 13.0 Å². The van der Waals surface area contributed by atoms with E-state index in [-0.39, 0.29) is 12.0 Å². The maximum absolute atomic E-state index is 10.9. The largest absolute Gasteiger partial charge is 0.368 e. The van der Waals surface area contributed by atoms with Gasteiger partial charge in [-0.2, -0.15) is 0 Å². The molecule has 0 aromatic carbocycles. The van der Waals surface area contributed by atoms with Crippen molar-refractivity contribution in [3.8, 4) is 0 Å². The first-order chi connectivity index (χ1) is 4.84. The number of amides is 1. The third-order valence-corrected chi connectivity index (χ3v) is 1.41. The number of rotatable bonds is 3. The average Bonchev–Trinajstić information content (AvgIpc) is 1.79. The van der Waals surface area contributed by atoms with Gasteiger partial charge in [-0.25, -0.2) is 0 Å². The van der Waals surface area contributed by atoms with E-state index in [4.69, 9.17) is 4.74 Å². The number of hydrogen-bond donors (Lipinski definition) is 1. The van der Waals surface area contributed by atoms with Gasteiger partial charge in [0.2, 0.25) is 5.91 Å². The molecule has 3 nitrogen and oxygen atoms in total. The molecule has 1 N–H and O–H groups in total. The molecule has 1 atom stereocenters. The summed E-state index contributed by atoms with van der Waals surface area (Å²) in [6, 6.07) is 0. The third kappa shape index (κ3) is 1.57. The summed E-state index contributed by atoms with van der Waals surface area (Å²) in [6.45, 7) is 4.72. The lowest BCUT2D eigenvalue weighted by molar-refractivity contribution is -0.144. The van der Waals surface area contributed by atoms with Gasteiger partial charge in [-0.15, -0.1) is 6.58 Å². The number of carbonyl (C=O) groups excluding carboxylic acids is 1. The normalized spacial score (nSPS) is 23.0. The molecule has 1 fully saturated rings. The summed E-state index contributed by atoms with van der Waals surface area (Å²) >= 11 is 0. The van der Waals surface area contributed by atoms with Crippen LogP contribution in [0.15, 0.2) is 12.7 Å². The van der Waals surface area contributed by atoms with Crippen LogP contribution in [0.4, 0.5) is 0 Å². The van der Waals surface area contributed by atoms with Crippen molar-refractivity contribution in [1.29, 1.82) is 0 Å². The van der Waals surface area contributed by atoms with Gasteiger partial charge in [-0.05, 0) is 0 Å². The summed E-state index contributed by atoms with van der Waals surface area (Å²) in [5.74, 6) is -0.0221. The van der Waals surface area contributed by atoms with Gasteiger partial charge in [0.05, 0.1) is 6.61 Å². The van der Waals surface area contributed by atoms with Crippen molar-refractivity contribution >= 4 is 5.91 Å². The molecule has 0 aromatic rings. The van der Waals surface area contributed by atoms with Crippen LogP contribution in [0.2, 0.25) is 0 Å². The summed E-state index contributed by atoms with van der Waals surface area (Å²) in [6.07, 6.45) is 2.31. The monoisotopic (exact) mass is 141 g/mol. The highest BCUT2D eigenvalue weighted by Crippen LogP contribution is 2.09. The van der Waals surface area contributed by atoms with Crippen molar-refractivity contribution in [2.75, 3.05) is 13.2 Å². The molecular weight excluding hydrogens is 130 g/mol. The molecule has 0 saturated carbocycles. The number of ether oxygens (including phenoxy) is 1. The Labute approximate surface area is 60.1 Å². The SMILES string of the molecule is C=CCNC(=O)C1CCO1. The molecule has 10 heavy (non-hydrogen) atoms. The fourth-order valence-electron chi connectivity index (χ4n) is 0.729. The zero-order chi connectivity index (χ0) is 7.40. The number of carbonyl (C=O) groups is 1. The first-order valence-corrected chi connectivity index (χ1v) is 3.35. The lowest BCUT2D eigenvalue weighted by atomic mass is 10.2. The molecule has 1 aliphatic rings. The van der Waals surface area contributed by atoms with Crippen molar-refractivity contribution in [2.24, 2.45) is 0 Å². The summed E-state index contributed by atoms with van der Waals surface area (Å²) in [5.41, 5.74) is 0. The topological polar surface area (TPSA) is 38.3 Å². The van der Waals surface area contributed by atoms with Crippen LogP contribution in [-0.2, 0) is 9.53 Å². The summed E-state index contributed by atoms with van der Waals surface area (Å²) in [5, 5.41) is 2.65.